The Labute approximate surface area is 181 Å². The Hall–Kier alpha value is -2.43. The van der Waals surface area contributed by atoms with Gasteiger partial charge in [-0.05, 0) is 38.1 Å². The first kappa shape index (κ1) is 21.3. The van der Waals surface area contributed by atoms with Crippen molar-refractivity contribution in [1.29, 1.82) is 0 Å². The number of rotatable bonds is 8. The molecule has 3 aromatic rings. The first-order valence-electron chi connectivity index (χ1n) is 8.77. The van der Waals surface area contributed by atoms with E-state index in [4.69, 9.17) is 11.6 Å². The Kier molecular flexibility index (Phi) is 7.24. The number of amides is 2. The lowest BCUT2D eigenvalue weighted by Crippen LogP contribution is -2.18. The topological polar surface area (TPSA) is 102 Å². The second kappa shape index (κ2) is 9.86. The summed E-state index contributed by atoms with van der Waals surface area (Å²) in [5.74, 6) is 0.339. The maximum Gasteiger partial charge on any atom is 0.236 e. The molecule has 2 N–H and O–H groups in total. The lowest BCUT2D eigenvalue weighted by atomic mass is 10.3. The number of nitrogens with zero attached hydrogens (tertiary/aromatic N) is 4. The summed E-state index contributed by atoms with van der Waals surface area (Å²) in [6, 6.07) is 6.88. The number of anilines is 2. The quantitative estimate of drug-likeness (QED) is 0.508. The number of halogens is 1. The van der Waals surface area contributed by atoms with Crippen LogP contribution in [0.5, 0.6) is 0 Å². The van der Waals surface area contributed by atoms with E-state index < -0.39 is 0 Å². The molecule has 0 bridgehead atoms. The van der Waals surface area contributed by atoms with Gasteiger partial charge >= 0.3 is 0 Å². The van der Waals surface area contributed by atoms with Crippen LogP contribution >= 0.6 is 34.7 Å². The highest BCUT2D eigenvalue weighted by atomic mass is 35.5. The lowest BCUT2D eigenvalue weighted by Gasteiger charge is -2.08. The fourth-order valence-electron chi connectivity index (χ4n) is 2.45. The zero-order valence-corrected chi connectivity index (χ0v) is 18.2. The molecule has 1 aromatic carbocycles. The minimum Gasteiger partial charge on any atom is -0.326 e. The minimum atomic E-state index is -0.206. The average Bonchev–Trinajstić information content (AvgIpc) is 3.27. The third kappa shape index (κ3) is 6.02. The van der Waals surface area contributed by atoms with Gasteiger partial charge in [-0.1, -0.05) is 23.4 Å². The largest absolute Gasteiger partial charge is 0.326 e. The predicted octanol–water partition coefficient (Wildman–Crippen LogP) is 3.63. The van der Waals surface area contributed by atoms with Gasteiger partial charge in [-0.2, -0.15) is 0 Å². The van der Waals surface area contributed by atoms with Gasteiger partial charge in [-0.15, -0.1) is 21.5 Å². The summed E-state index contributed by atoms with van der Waals surface area (Å²) in [5.41, 5.74) is 1.52. The van der Waals surface area contributed by atoms with Crippen LogP contribution in [0, 0.1) is 6.92 Å². The maximum absolute atomic E-state index is 12.3. The van der Waals surface area contributed by atoms with Gasteiger partial charge in [0.2, 0.25) is 11.8 Å². The van der Waals surface area contributed by atoms with E-state index in [0.717, 1.165) is 5.69 Å². The van der Waals surface area contributed by atoms with E-state index in [1.807, 2.05) is 23.8 Å². The van der Waals surface area contributed by atoms with Crippen molar-refractivity contribution in [2.45, 2.75) is 32.0 Å². The average molecular weight is 451 g/mol. The van der Waals surface area contributed by atoms with E-state index in [9.17, 15) is 9.59 Å². The molecule has 3 rings (SSSR count). The number of thioether (sulfide) groups is 1. The monoisotopic (exact) mass is 450 g/mol. The summed E-state index contributed by atoms with van der Waals surface area (Å²) in [6.07, 6.45) is 0.0780. The number of hydrogen-bond donors (Lipinski definition) is 2. The number of aromatic nitrogens is 4. The second-order valence-electron chi connectivity index (χ2n) is 6.01. The van der Waals surface area contributed by atoms with E-state index in [1.165, 1.54) is 23.1 Å². The molecular weight excluding hydrogens is 432 g/mol. The standard InChI is InChI=1S/C18H19ClN6O2S2/c1-3-25-14(8-15(26)21-13-6-4-12(19)5-7-13)23-24-18(25)29-10-16(27)22-17-20-11(2)9-28-17/h4-7,9H,3,8,10H2,1-2H3,(H,21,26)(H,20,22,27). The van der Waals surface area contributed by atoms with Crippen molar-refractivity contribution < 1.29 is 9.59 Å². The lowest BCUT2D eigenvalue weighted by molar-refractivity contribution is -0.116. The van der Waals surface area contributed by atoms with Gasteiger partial charge in [-0.3, -0.25) is 9.59 Å². The molecule has 0 aliphatic heterocycles. The van der Waals surface area contributed by atoms with Crippen LogP contribution in [0.1, 0.15) is 18.4 Å². The fourth-order valence-corrected chi connectivity index (χ4v) is 4.10. The first-order chi connectivity index (χ1) is 13.9. The first-order valence-corrected chi connectivity index (χ1v) is 11.0. The van der Waals surface area contributed by atoms with E-state index in [-0.39, 0.29) is 24.0 Å². The van der Waals surface area contributed by atoms with Crippen molar-refractivity contribution in [2.24, 2.45) is 0 Å². The van der Waals surface area contributed by atoms with Gasteiger partial charge in [-0.25, -0.2) is 4.98 Å². The third-order valence-electron chi connectivity index (χ3n) is 3.75. The minimum absolute atomic E-state index is 0.0780. The molecule has 11 heteroatoms. The van der Waals surface area contributed by atoms with E-state index in [1.54, 1.807) is 24.3 Å². The molecule has 29 heavy (non-hydrogen) atoms. The highest BCUT2D eigenvalue weighted by Crippen LogP contribution is 2.20. The number of benzene rings is 1. The van der Waals surface area contributed by atoms with Gasteiger partial charge in [0.25, 0.3) is 0 Å². The summed E-state index contributed by atoms with van der Waals surface area (Å²) >= 11 is 8.50. The van der Waals surface area contributed by atoms with Crippen LogP contribution in [-0.2, 0) is 22.6 Å². The number of carbonyl (C=O) groups is 2. The molecule has 8 nitrogen and oxygen atoms in total. The summed E-state index contributed by atoms with van der Waals surface area (Å²) in [4.78, 5) is 28.6. The molecular formula is C18H19ClN6O2S2. The Morgan fingerprint density at radius 2 is 1.93 bits per heavy atom. The van der Waals surface area contributed by atoms with Gasteiger partial charge in [0.1, 0.15) is 5.82 Å². The highest BCUT2D eigenvalue weighted by molar-refractivity contribution is 7.99. The highest BCUT2D eigenvalue weighted by Gasteiger charge is 2.16. The van der Waals surface area contributed by atoms with Gasteiger partial charge < -0.3 is 15.2 Å². The Morgan fingerprint density at radius 1 is 1.17 bits per heavy atom. The van der Waals surface area contributed by atoms with E-state index in [2.05, 4.69) is 25.8 Å². The molecule has 0 spiro atoms. The van der Waals surface area contributed by atoms with Crippen LogP contribution in [0.2, 0.25) is 5.02 Å². The van der Waals surface area contributed by atoms with Gasteiger partial charge in [0.15, 0.2) is 10.3 Å². The Bertz CT molecular complexity index is 1000. The SMILES string of the molecule is CCn1c(CC(=O)Nc2ccc(Cl)cc2)nnc1SCC(=O)Nc1nc(C)cs1. The molecule has 0 atom stereocenters. The fraction of sp³-hybridized carbons (Fsp3) is 0.278. The molecule has 2 amide bonds. The number of carbonyl (C=O) groups excluding carboxylic acids is 2. The zero-order chi connectivity index (χ0) is 20.8. The summed E-state index contributed by atoms with van der Waals surface area (Å²) < 4.78 is 1.83. The number of hydrogen-bond acceptors (Lipinski definition) is 7. The van der Waals surface area contributed by atoms with Gasteiger partial charge in [0.05, 0.1) is 17.9 Å². The zero-order valence-electron chi connectivity index (χ0n) is 15.8. The van der Waals surface area contributed by atoms with Crippen LogP contribution in [0.3, 0.4) is 0 Å². The van der Waals surface area contributed by atoms with Crippen LogP contribution in [0.25, 0.3) is 0 Å². The summed E-state index contributed by atoms with van der Waals surface area (Å²) in [6.45, 7) is 4.40. The Morgan fingerprint density at radius 3 is 2.59 bits per heavy atom. The normalized spacial score (nSPS) is 10.7. The molecule has 0 fully saturated rings. The molecule has 0 aliphatic carbocycles. The smallest absolute Gasteiger partial charge is 0.236 e. The van der Waals surface area contributed by atoms with E-state index in [0.29, 0.717) is 33.4 Å². The van der Waals surface area contributed by atoms with Crippen molar-refractivity contribution in [3.8, 4) is 0 Å². The van der Waals surface area contributed by atoms with Gasteiger partial charge in [0, 0.05) is 22.6 Å². The maximum atomic E-state index is 12.3. The number of aryl methyl sites for hydroxylation is 1. The van der Waals surface area contributed by atoms with Crippen molar-refractivity contribution in [3.05, 3.63) is 46.2 Å². The molecule has 0 saturated heterocycles. The molecule has 0 aliphatic rings. The Balaban J connectivity index is 1.56. The molecule has 0 radical (unpaired) electrons. The summed E-state index contributed by atoms with van der Waals surface area (Å²) in [5, 5.41) is 17.4. The van der Waals surface area contributed by atoms with Crippen LogP contribution in [0.4, 0.5) is 10.8 Å². The number of thiazole rings is 1. The number of nitrogens with one attached hydrogen (secondary N) is 2. The molecule has 152 valence electrons. The van der Waals surface area contributed by atoms with Crippen LogP contribution in [-0.4, -0.2) is 37.3 Å². The van der Waals surface area contributed by atoms with E-state index >= 15 is 0 Å². The second-order valence-corrected chi connectivity index (χ2v) is 8.24. The predicted molar refractivity (Wildman–Crippen MR) is 116 cm³/mol. The molecule has 0 saturated carbocycles. The van der Waals surface area contributed by atoms with Crippen LogP contribution < -0.4 is 10.6 Å². The van der Waals surface area contributed by atoms with Crippen molar-refractivity contribution in [2.75, 3.05) is 16.4 Å². The van der Waals surface area contributed by atoms with Crippen molar-refractivity contribution in [1.82, 2.24) is 19.7 Å². The van der Waals surface area contributed by atoms with Crippen molar-refractivity contribution in [3.63, 3.8) is 0 Å². The molecule has 2 aromatic heterocycles. The third-order valence-corrected chi connectivity index (χ3v) is 5.85. The van der Waals surface area contributed by atoms with Crippen LogP contribution in [0.15, 0.2) is 34.8 Å². The molecule has 0 unspecified atom stereocenters. The molecule has 2 heterocycles. The summed E-state index contributed by atoms with van der Waals surface area (Å²) in [7, 11) is 0. The van der Waals surface area contributed by atoms with Crippen molar-refractivity contribution >= 4 is 57.3 Å².